The van der Waals surface area contributed by atoms with Crippen molar-refractivity contribution in [1.29, 1.82) is 0 Å². The first-order valence-electron chi connectivity index (χ1n) is 11.0. The Labute approximate surface area is 205 Å². The molecule has 2 aromatic carbocycles. The summed E-state index contributed by atoms with van der Waals surface area (Å²) in [6, 6.07) is 12.8. The van der Waals surface area contributed by atoms with Crippen LogP contribution in [0.15, 0.2) is 59.5 Å². The number of aromatic nitrogens is 2. The molecule has 1 aromatic heterocycles. The molecule has 0 aliphatic rings. The maximum atomic E-state index is 12.7. The van der Waals surface area contributed by atoms with Crippen molar-refractivity contribution in [1.82, 2.24) is 9.97 Å². The number of hydrogen-bond acceptors (Lipinski definition) is 7. The first kappa shape index (κ1) is 25.7. The van der Waals surface area contributed by atoms with Crippen molar-refractivity contribution in [2.24, 2.45) is 0 Å². The van der Waals surface area contributed by atoms with Gasteiger partial charge in [-0.1, -0.05) is 6.07 Å². The molecule has 0 aliphatic carbocycles. The number of nitrogens with one attached hydrogen (secondary N) is 2. The smallest absolute Gasteiger partial charge is 0.263 e. The normalized spacial score (nSPS) is 11.3. The fourth-order valence-corrected chi connectivity index (χ4v) is 4.20. The van der Waals surface area contributed by atoms with Crippen molar-refractivity contribution in [3.63, 3.8) is 0 Å². The minimum Gasteiger partial charge on any atom is -0.490 e. The van der Waals surface area contributed by atoms with Crippen molar-refractivity contribution < 1.29 is 22.7 Å². The lowest BCUT2D eigenvalue weighted by atomic mass is 10.2. The molecule has 0 radical (unpaired) electrons. The van der Waals surface area contributed by atoms with Crippen molar-refractivity contribution in [3.8, 4) is 11.5 Å². The molecule has 35 heavy (non-hydrogen) atoms. The number of carbonyl (C=O) groups is 1. The zero-order valence-corrected chi connectivity index (χ0v) is 20.8. The first-order valence-corrected chi connectivity index (χ1v) is 12.5. The topological polar surface area (TPSA) is 120 Å². The van der Waals surface area contributed by atoms with Crippen LogP contribution in [0.3, 0.4) is 0 Å². The number of ether oxygens (including phenoxy) is 2. The average molecular weight is 497 g/mol. The Balaban J connectivity index is 1.65. The van der Waals surface area contributed by atoms with Crippen LogP contribution in [-0.4, -0.2) is 37.5 Å². The van der Waals surface area contributed by atoms with Gasteiger partial charge >= 0.3 is 0 Å². The second-order valence-corrected chi connectivity index (χ2v) is 9.15. The number of amides is 1. The predicted molar refractivity (Wildman–Crippen MR) is 135 cm³/mol. The van der Waals surface area contributed by atoms with E-state index in [1.54, 1.807) is 38.1 Å². The Morgan fingerprint density at radius 3 is 2.29 bits per heavy atom. The zero-order valence-electron chi connectivity index (χ0n) is 20.0. The first-order chi connectivity index (χ1) is 16.7. The lowest BCUT2D eigenvalue weighted by Gasteiger charge is -2.11. The Morgan fingerprint density at radius 1 is 0.943 bits per heavy atom. The number of sulfonamides is 1. The summed E-state index contributed by atoms with van der Waals surface area (Å²) in [5, 5.41) is 2.71. The molecule has 0 fully saturated rings. The summed E-state index contributed by atoms with van der Waals surface area (Å²) in [6.45, 7) is 8.24. The molecule has 2 N–H and O–H groups in total. The van der Waals surface area contributed by atoms with Gasteiger partial charge in [0.05, 0.1) is 18.1 Å². The van der Waals surface area contributed by atoms with Gasteiger partial charge in [0.25, 0.3) is 10.0 Å². The fraction of sp³-hybridized carbons (Fsp3) is 0.240. The van der Waals surface area contributed by atoms with E-state index >= 15 is 0 Å². The molecule has 0 saturated carbocycles. The molecule has 0 atom stereocenters. The summed E-state index contributed by atoms with van der Waals surface area (Å²) in [5.74, 6) is 1.55. The maximum Gasteiger partial charge on any atom is 0.263 e. The Bertz CT molecular complexity index is 1300. The van der Waals surface area contributed by atoms with Crippen LogP contribution < -0.4 is 19.5 Å². The van der Waals surface area contributed by atoms with Crippen LogP contribution in [-0.2, 0) is 14.8 Å². The van der Waals surface area contributed by atoms with Crippen LogP contribution in [0.5, 0.6) is 11.5 Å². The van der Waals surface area contributed by atoms with Gasteiger partial charge in [0.1, 0.15) is 11.6 Å². The van der Waals surface area contributed by atoms with E-state index in [4.69, 9.17) is 9.47 Å². The molecule has 1 heterocycles. The van der Waals surface area contributed by atoms with Gasteiger partial charge in [0.2, 0.25) is 5.91 Å². The van der Waals surface area contributed by atoms with Gasteiger partial charge in [-0.25, -0.2) is 18.4 Å². The summed E-state index contributed by atoms with van der Waals surface area (Å²) in [4.78, 5) is 20.6. The highest BCUT2D eigenvalue weighted by Crippen LogP contribution is 2.29. The Hall–Kier alpha value is -3.92. The van der Waals surface area contributed by atoms with Crippen molar-refractivity contribution in [2.45, 2.75) is 32.6 Å². The van der Waals surface area contributed by atoms with Crippen molar-refractivity contribution in [2.75, 3.05) is 23.3 Å². The number of benzene rings is 2. The van der Waals surface area contributed by atoms with Crippen LogP contribution in [0.25, 0.3) is 6.08 Å². The van der Waals surface area contributed by atoms with Gasteiger partial charge in [0, 0.05) is 23.5 Å². The number of rotatable bonds is 10. The number of carbonyl (C=O) groups excluding carboxylic acids is 1. The summed E-state index contributed by atoms with van der Waals surface area (Å²) in [6.07, 6.45) is 3.04. The lowest BCUT2D eigenvalue weighted by Crippen LogP contribution is -2.15. The highest BCUT2D eigenvalue weighted by molar-refractivity contribution is 7.92. The molecule has 3 rings (SSSR count). The second kappa shape index (κ2) is 11.5. The molecule has 9 nitrogen and oxygen atoms in total. The van der Waals surface area contributed by atoms with Crippen LogP contribution in [0.1, 0.15) is 30.9 Å². The average Bonchev–Trinajstić information content (AvgIpc) is 2.79. The quantitative estimate of drug-likeness (QED) is 0.401. The van der Waals surface area contributed by atoms with Gasteiger partial charge in [-0.05, 0) is 75.7 Å². The molecular formula is C25H28N4O5S. The molecule has 0 aliphatic heterocycles. The third-order valence-electron chi connectivity index (χ3n) is 4.63. The summed E-state index contributed by atoms with van der Waals surface area (Å²) < 4.78 is 38.9. The summed E-state index contributed by atoms with van der Waals surface area (Å²) >= 11 is 0. The lowest BCUT2D eigenvalue weighted by molar-refractivity contribution is -0.111. The van der Waals surface area contributed by atoms with Crippen LogP contribution in [0.4, 0.5) is 11.5 Å². The van der Waals surface area contributed by atoms with E-state index < -0.39 is 10.0 Å². The highest BCUT2D eigenvalue weighted by atomic mass is 32.2. The summed E-state index contributed by atoms with van der Waals surface area (Å²) in [5.41, 5.74) is 1.88. The Morgan fingerprint density at radius 2 is 1.63 bits per heavy atom. The SMILES string of the molecule is CCOc1ccc(/C=C/C(=O)Nc2ccc(S(=O)(=O)Nc3cc(C)nc(C)n3)cc2)cc1OCC. The molecular weight excluding hydrogens is 468 g/mol. The molecule has 0 unspecified atom stereocenters. The van der Waals surface area contributed by atoms with Gasteiger partial charge in [0.15, 0.2) is 11.5 Å². The van der Waals surface area contributed by atoms with E-state index in [1.165, 1.54) is 30.3 Å². The zero-order chi connectivity index (χ0) is 25.4. The van der Waals surface area contributed by atoms with Crippen LogP contribution in [0.2, 0.25) is 0 Å². The largest absolute Gasteiger partial charge is 0.490 e. The third kappa shape index (κ3) is 7.28. The minimum absolute atomic E-state index is 0.0396. The molecule has 3 aromatic rings. The van der Waals surface area contributed by atoms with E-state index in [-0.39, 0.29) is 16.6 Å². The van der Waals surface area contributed by atoms with Crippen LogP contribution in [0, 0.1) is 13.8 Å². The fourth-order valence-electron chi connectivity index (χ4n) is 3.21. The molecule has 10 heteroatoms. The van der Waals surface area contributed by atoms with Gasteiger partial charge in [-0.3, -0.25) is 9.52 Å². The predicted octanol–water partition coefficient (Wildman–Crippen LogP) is 4.34. The van der Waals surface area contributed by atoms with E-state index in [9.17, 15) is 13.2 Å². The van der Waals surface area contributed by atoms with E-state index in [1.807, 2.05) is 19.9 Å². The molecule has 0 saturated heterocycles. The standard InChI is InChI=1S/C25H28N4O5S/c1-5-33-22-13-7-19(16-23(22)34-6-2)8-14-25(30)28-20-9-11-21(12-10-20)35(31,32)29-24-15-17(3)26-18(4)27-24/h7-16H,5-6H2,1-4H3,(H,28,30)(H,26,27,29)/b14-8+. The van der Waals surface area contributed by atoms with E-state index in [2.05, 4.69) is 20.0 Å². The Kier molecular flexibility index (Phi) is 8.43. The van der Waals surface area contributed by atoms with Crippen molar-refractivity contribution in [3.05, 3.63) is 71.7 Å². The van der Waals surface area contributed by atoms with E-state index in [0.717, 1.165) is 5.56 Å². The number of hydrogen-bond donors (Lipinski definition) is 2. The molecule has 184 valence electrons. The molecule has 0 spiro atoms. The molecule has 1 amide bonds. The third-order valence-corrected chi connectivity index (χ3v) is 6.00. The van der Waals surface area contributed by atoms with E-state index in [0.29, 0.717) is 41.9 Å². The second-order valence-electron chi connectivity index (χ2n) is 7.47. The van der Waals surface area contributed by atoms with Gasteiger partial charge < -0.3 is 14.8 Å². The van der Waals surface area contributed by atoms with Gasteiger partial charge in [-0.2, -0.15) is 0 Å². The summed E-state index contributed by atoms with van der Waals surface area (Å²) in [7, 11) is -3.84. The maximum absolute atomic E-state index is 12.7. The number of nitrogens with zero attached hydrogens (tertiary/aromatic N) is 2. The molecule has 0 bridgehead atoms. The minimum atomic E-state index is -3.84. The van der Waals surface area contributed by atoms with Crippen molar-refractivity contribution >= 4 is 33.5 Å². The highest BCUT2D eigenvalue weighted by Gasteiger charge is 2.15. The van der Waals surface area contributed by atoms with Crippen LogP contribution >= 0.6 is 0 Å². The number of anilines is 2. The van der Waals surface area contributed by atoms with Gasteiger partial charge in [-0.15, -0.1) is 0 Å². The monoisotopic (exact) mass is 496 g/mol. The number of aryl methyl sites for hydroxylation is 2.